The van der Waals surface area contributed by atoms with Crippen LogP contribution in [0.5, 0.6) is 0 Å². The Kier molecular flexibility index (Phi) is 5.21. The minimum Gasteiger partial charge on any atom is -0.393 e. The summed E-state index contributed by atoms with van der Waals surface area (Å²) < 4.78 is 0. The van der Waals surface area contributed by atoms with Crippen molar-refractivity contribution in [3.05, 3.63) is 0 Å². The van der Waals surface area contributed by atoms with E-state index in [4.69, 9.17) is 18.0 Å². The lowest BCUT2D eigenvalue weighted by Gasteiger charge is -2.39. The van der Waals surface area contributed by atoms with Crippen LogP contribution in [0.1, 0.15) is 46.0 Å². The van der Waals surface area contributed by atoms with Gasteiger partial charge in [0, 0.05) is 37.6 Å². The fourth-order valence-corrected chi connectivity index (χ4v) is 3.28. The molecule has 19 heavy (non-hydrogen) atoms. The molecule has 0 bridgehead atoms. The zero-order chi connectivity index (χ0) is 13.9. The summed E-state index contributed by atoms with van der Waals surface area (Å²) in [6.45, 7) is 10.4. The minimum absolute atomic E-state index is 0.00206. The van der Waals surface area contributed by atoms with Crippen molar-refractivity contribution in [2.75, 3.05) is 32.7 Å². The van der Waals surface area contributed by atoms with E-state index in [-0.39, 0.29) is 5.41 Å². The van der Waals surface area contributed by atoms with E-state index in [0.717, 1.165) is 19.0 Å². The predicted molar refractivity (Wildman–Crippen MR) is 85.5 cm³/mol. The highest BCUT2D eigenvalue weighted by Crippen LogP contribution is 2.25. The van der Waals surface area contributed by atoms with E-state index in [2.05, 4.69) is 23.6 Å². The second-order valence-electron chi connectivity index (χ2n) is 6.81. The molecule has 0 unspecified atom stereocenters. The number of hydrogen-bond acceptors (Lipinski definition) is 3. The fourth-order valence-electron chi connectivity index (χ4n) is 3.18. The van der Waals surface area contributed by atoms with Gasteiger partial charge in [0.1, 0.15) is 0 Å². The van der Waals surface area contributed by atoms with Gasteiger partial charge in [0.05, 0.1) is 4.99 Å². The van der Waals surface area contributed by atoms with Crippen molar-refractivity contribution < 1.29 is 0 Å². The molecular formula is C15H29N3S. The van der Waals surface area contributed by atoms with Crippen LogP contribution in [0, 0.1) is 5.41 Å². The highest BCUT2D eigenvalue weighted by atomic mass is 32.1. The number of rotatable bonds is 5. The van der Waals surface area contributed by atoms with Gasteiger partial charge in [-0.3, -0.25) is 4.90 Å². The zero-order valence-corrected chi connectivity index (χ0v) is 13.3. The van der Waals surface area contributed by atoms with E-state index in [9.17, 15) is 0 Å². The SMILES string of the molecule is CC(C)(CCN1CCN(C2CCCC2)CC1)C(N)=S. The number of nitrogens with two attached hydrogens (primary N) is 1. The number of nitrogens with zero attached hydrogens (tertiary/aromatic N) is 2. The van der Waals surface area contributed by atoms with Crippen molar-refractivity contribution in [3.8, 4) is 0 Å². The van der Waals surface area contributed by atoms with Gasteiger partial charge in [0.15, 0.2) is 0 Å². The van der Waals surface area contributed by atoms with Crippen LogP contribution >= 0.6 is 12.2 Å². The minimum atomic E-state index is -0.00206. The summed E-state index contributed by atoms with van der Waals surface area (Å²) in [6.07, 6.45) is 6.80. The van der Waals surface area contributed by atoms with Crippen LogP contribution in [0.25, 0.3) is 0 Å². The molecule has 2 fully saturated rings. The second-order valence-corrected chi connectivity index (χ2v) is 7.25. The highest BCUT2D eigenvalue weighted by Gasteiger charge is 2.27. The molecule has 0 aromatic heterocycles. The van der Waals surface area contributed by atoms with Crippen LogP contribution in [-0.4, -0.2) is 53.6 Å². The van der Waals surface area contributed by atoms with Gasteiger partial charge < -0.3 is 10.6 Å². The lowest BCUT2D eigenvalue weighted by Crippen LogP contribution is -2.50. The topological polar surface area (TPSA) is 32.5 Å². The first-order valence-electron chi connectivity index (χ1n) is 7.75. The molecule has 0 aromatic carbocycles. The van der Waals surface area contributed by atoms with Crippen molar-refractivity contribution in [2.24, 2.45) is 11.1 Å². The van der Waals surface area contributed by atoms with Crippen molar-refractivity contribution >= 4 is 17.2 Å². The molecule has 0 amide bonds. The Balaban J connectivity index is 1.70. The Bertz CT molecular complexity index is 303. The van der Waals surface area contributed by atoms with Crippen molar-refractivity contribution in [2.45, 2.75) is 52.0 Å². The van der Waals surface area contributed by atoms with E-state index >= 15 is 0 Å². The van der Waals surface area contributed by atoms with Crippen molar-refractivity contribution in [1.29, 1.82) is 0 Å². The van der Waals surface area contributed by atoms with Crippen molar-refractivity contribution in [1.82, 2.24) is 9.80 Å². The average Bonchev–Trinajstić information content (AvgIpc) is 2.91. The maximum atomic E-state index is 5.80. The molecule has 0 radical (unpaired) electrons. The van der Waals surface area contributed by atoms with E-state index in [0.29, 0.717) is 4.99 Å². The molecule has 4 heteroatoms. The maximum absolute atomic E-state index is 5.80. The van der Waals surface area contributed by atoms with E-state index in [1.165, 1.54) is 51.9 Å². The van der Waals surface area contributed by atoms with E-state index in [1.54, 1.807) is 0 Å². The van der Waals surface area contributed by atoms with Crippen molar-refractivity contribution in [3.63, 3.8) is 0 Å². The third kappa shape index (κ3) is 4.14. The first kappa shape index (κ1) is 15.2. The maximum Gasteiger partial charge on any atom is 0.0784 e. The molecule has 0 aromatic rings. The molecule has 3 nitrogen and oxygen atoms in total. The lowest BCUT2D eigenvalue weighted by atomic mass is 9.89. The van der Waals surface area contributed by atoms with E-state index < -0.39 is 0 Å². The Hall–Kier alpha value is -0.190. The smallest absolute Gasteiger partial charge is 0.0784 e. The third-order valence-electron chi connectivity index (χ3n) is 4.97. The lowest BCUT2D eigenvalue weighted by molar-refractivity contribution is 0.0931. The van der Waals surface area contributed by atoms with Crippen LogP contribution in [-0.2, 0) is 0 Å². The quantitative estimate of drug-likeness (QED) is 0.785. The largest absolute Gasteiger partial charge is 0.393 e. The summed E-state index contributed by atoms with van der Waals surface area (Å²) in [4.78, 5) is 5.94. The van der Waals surface area contributed by atoms with Crippen LogP contribution in [0.4, 0.5) is 0 Å². The Labute approximate surface area is 123 Å². The first-order chi connectivity index (χ1) is 8.99. The second kappa shape index (κ2) is 6.51. The molecular weight excluding hydrogens is 254 g/mol. The van der Waals surface area contributed by atoms with Gasteiger partial charge in [0.25, 0.3) is 0 Å². The van der Waals surface area contributed by atoms with Gasteiger partial charge in [-0.2, -0.15) is 0 Å². The normalized spacial score (nSPS) is 23.9. The summed E-state index contributed by atoms with van der Waals surface area (Å²) in [7, 11) is 0. The summed E-state index contributed by atoms with van der Waals surface area (Å²) >= 11 is 5.14. The first-order valence-corrected chi connectivity index (χ1v) is 8.16. The molecule has 2 rings (SSSR count). The van der Waals surface area contributed by atoms with Gasteiger partial charge in [-0.25, -0.2) is 0 Å². The van der Waals surface area contributed by atoms with Crippen LogP contribution in [0.15, 0.2) is 0 Å². The molecule has 1 heterocycles. The summed E-state index contributed by atoms with van der Waals surface area (Å²) in [5, 5.41) is 0. The average molecular weight is 283 g/mol. The van der Waals surface area contributed by atoms with Crippen LogP contribution < -0.4 is 5.73 Å². The van der Waals surface area contributed by atoms with Gasteiger partial charge in [0.2, 0.25) is 0 Å². The Morgan fingerprint density at radius 3 is 2.26 bits per heavy atom. The molecule has 0 spiro atoms. The van der Waals surface area contributed by atoms with Crippen LogP contribution in [0.3, 0.4) is 0 Å². The summed E-state index contributed by atoms with van der Waals surface area (Å²) in [5.41, 5.74) is 5.79. The molecule has 110 valence electrons. The number of hydrogen-bond donors (Lipinski definition) is 1. The summed E-state index contributed by atoms with van der Waals surface area (Å²) in [5.74, 6) is 0. The Morgan fingerprint density at radius 2 is 1.74 bits per heavy atom. The molecule has 2 N–H and O–H groups in total. The molecule has 1 saturated carbocycles. The van der Waals surface area contributed by atoms with E-state index in [1.807, 2.05) is 0 Å². The van der Waals surface area contributed by atoms with Gasteiger partial charge in [-0.05, 0) is 25.8 Å². The third-order valence-corrected chi connectivity index (χ3v) is 5.52. The molecule has 1 aliphatic heterocycles. The fraction of sp³-hybridized carbons (Fsp3) is 0.933. The van der Waals surface area contributed by atoms with Gasteiger partial charge in [-0.15, -0.1) is 0 Å². The Morgan fingerprint density at radius 1 is 1.16 bits per heavy atom. The standard InChI is InChI=1S/C15H29N3S/c1-15(2,14(16)19)7-8-17-9-11-18(12-10-17)13-5-3-4-6-13/h13H,3-12H2,1-2H3,(H2,16,19). The molecule has 2 aliphatic rings. The highest BCUT2D eigenvalue weighted by molar-refractivity contribution is 7.80. The predicted octanol–water partition coefficient (Wildman–Crippen LogP) is 2.25. The molecule has 0 atom stereocenters. The number of piperazine rings is 1. The zero-order valence-electron chi connectivity index (χ0n) is 12.5. The number of thiocarbonyl (C=S) groups is 1. The molecule has 1 aliphatic carbocycles. The van der Waals surface area contributed by atoms with Gasteiger partial charge >= 0.3 is 0 Å². The monoisotopic (exact) mass is 283 g/mol. The van der Waals surface area contributed by atoms with Crippen LogP contribution in [0.2, 0.25) is 0 Å². The molecule has 1 saturated heterocycles. The summed E-state index contributed by atoms with van der Waals surface area (Å²) in [6, 6.07) is 0.884. The van der Waals surface area contributed by atoms with Gasteiger partial charge in [-0.1, -0.05) is 38.9 Å².